The van der Waals surface area contributed by atoms with E-state index in [-0.39, 0.29) is 11.6 Å². The maximum atomic E-state index is 14.5. The van der Waals surface area contributed by atoms with Crippen LogP contribution in [0, 0.1) is 18.6 Å². The van der Waals surface area contributed by atoms with Crippen molar-refractivity contribution in [2.75, 3.05) is 6.61 Å². The van der Waals surface area contributed by atoms with Gasteiger partial charge in [0.2, 0.25) is 0 Å². The molecule has 0 aliphatic carbocycles. The smallest absolute Gasteiger partial charge is 0.407 e. The summed E-state index contributed by atoms with van der Waals surface area (Å²) >= 11 is 0. The maximum Gasteiger partial charge on any atom is 0.407 e. The summed E-state index contributed by atoms with van der Waals surface area (Å²) in [5.74, 6) is -0.245. The zero-order chi connectivity index (χ0) is 22.3. The fourth-order valence-electron chi connectivity index (χ4n) is 4.26. The molecular formula is C22H28F2N4O3. The molecule has 2 aromatic rings. The fourth-order valence-corrected chi connectivity index (χ4v) is 4.26. The first-order valence-corrected chi connectivity index (χ1v) is 10.4. The first-order valence-electron chi connectivity index (χ1n) is 10.4. The molecule has 0 bridgehead atoms. The normalized spacial score (nSPS) is 24.1. The maximum absolute atomic E-state index is 14.5. The number of carbonyl (C=O) groups is 1. The average Bonchev–Trinajstić information content (AvgIpc) is 3.19. The lowest BCUT2D eigenvalue weighted by Crippen LogP contribution is -2.52. The van der Waals surface area contributed by atoms with Crippen LogP contribution >= 0.6 is 0 Å². The highest BCUT2D eigenvalue weighted by atomic mass is 19.1. The molecular weight excluding hydrogens is 406 g/mol. The van der Waals surface area contributed by atoms with Gasteiger partial charge in [0.05, 0.1) is 24.0 Å². The average molecular weight is 434 g/mol. The molecule has 0 radical (unpaired) electrons. The third kappa shape index (κ3) is 4.88. The SMILES string of the molecule is Cc1nc2c([nH]1)CN(C1CO[C@H](c3cc(F)ccc3F)[C@@H](NC(=O)OC(C)(C)C)C1)C2. The lowest BCUT2D eigenvalue weighted by Gasteiger charge is -2.40. The predicted octanol–water partition coefficient (Wildman–Crippen LogP) is 3.74. The zero-order valence-corrected chi connectivity index (χ0v) is 18.2. The highest BCUT2D eigenvalue weighted by Crippen LogP contribution is 2.35. The molecule has 1 aromatic carbocycles. The van der Waals surface area contributed by atoms with Gasteiger partial charge in [0.15, 0.2) is 0 Å². The van der Waals surface area contributed by atoms with Gasteiger partial charge < -0.3 is 19.8 Å². The Labute approximate surface area is 180 Å². The van der Waals surface area contributed by atoms with Crippen molar-refractivity contribution in [3.63, 3.8) is 0 Å². The number of benzene rings is 1. The molecule has 7 nitrogen and oxygen atoms in total. The van der Waals surface area contributed by atoms with Gasteiger partial charge >= 0.3 is 6.09 Å². The van der Waals surface area contributed by atoms with Crippen LogP contribution in [0.25, 0.3) is 0 Å². The van der Waals surface area contributed by atoms with Gasteiger partial charge in [-0.3, -0.25) is 4.90 Å². The molecule has 31 heavy (non-hydrogen) atoms. The van der Waals surface area contributed by atoms with E-state index in [0.29, 0.717) is 26.1 Å². The van der Waals surface area contributed by atoms with Gasteiger partial charge in [-0.05, 0) is 52.3 Å². The van der Waals surface area contributed by atoms with Gasteiger partial charge in [-0.25, -0.2) is 18.6 Å². The van der Waals surface area contributed by atoms with E-state index in [2.05, 4.69) is 20.2 Å². The number of aromatic nitrogens is 2. The minimum absolute atomic E-state index is 0.0179. The van der Waals surface area contributed by atoms with Crippen molar-refractivity contribution in [2.45, 2.75) is 71.0 Å². The highest BCUT2D eigenvalue weighted by molar-refractivity contribution is 5.68. The summed E-state index contributed by atoms with van der Waals surface area (Å²) in [6.45, 7) is 8.92. The van der Waals surface area contributed by atoms with Crippen LogP contribution in [-0.2, 0) is 22.6 Å². The van der Waals surface area contributed by atoms with Crippen molar-refractivity contribution >= 4 is 6.09 Å². The molecule has 1 amide bonds. The Hall–Kier alpha value is -2.52. The van der Waals surface area contributed by atoms with Crippen molar-refractivity contribution < 1.29 is 23.0 Å². The van der Waals surface area contributed by atoms with Crippen LogP contribution in [0.3, 0.4) is 0 Å². The Kier molecular flexibility index (Phi) is 5.74. The molecule has 1 fully saturated rings. The van der Waals surface area contributed by atoms with Crippen molar-refractivity contribution in [1.82, 2.24) is 20.2 Å². The molecule has 9 heteroatoms. The first kappa shape index (κ1) is 21.7. The van der Waals surface area contributed by atoms with Crippen LogP contribution in [0.5, 0.6) is 0 Å². The van der Waals surface area contributed by atoms with E-state index < -0.39 is 35.5 Å². The van der Waals surface area contributed by atoms with Crippen molar-refractivity contribution in [1.29, 1.82) is 0 Å². The lowest BCUT2D eigenvalue weighted by atomic mass is 9.92. The van der Waals surface area contributed by atoms with Crippen LogP contribution in [-0.4, -0.2) is 45.3 Å². The van der Waals surface area contributed by atoms with Gasteiger partial charge in [0.1, 0.15) is 29.2 Å². The number of hydrogen-bond acceptors (Lipinski definition) is 5. The number of ether oxygens (including phenoxy) is 2. The van der Waals surface area contributed by atoms with E-state index in [0.717, 1.165) is 35.4 Å². The first-order chi connectivity index (χ1) is 14.6. The van der Waals surface area contributed by atoms with E-state index >= 15 is 0 Å². The Balaban J connectivity index is 1.53. The minimum atomic E-state index is -0.819. The number of halogens is 2. The molecule has 168 valence electrons. The molecule has 3 atom stereocenters. The standard InChI is InChI=1S/C22H28F2N4O3/c1-12-25-18-9-28(10-19(18)26-12)14-8-17(27-21(29)31-22(2,3)4)20(30-11-14)15-7-13(23)5-6-16(15)24/h5-7,14,17,20H,8-11H2,1-4H3,(H,25,26)(H,27,29)/t14?,17-,20+/m0/s1. The van der Waals surface area contributed by atoms with Gasteiger partial charge in [-0.2, -0.15) is 0 Å². The molecule has 4 rings (SSSR count). The Morgan fingerprint density at radius 3 is 2.81 bits per heavy atom. The second-order valence-corrected chi connectivity index (χ2v) is 9.21. The highest BCUT2D eigenvalue weighted by Gasteiger charge is 2.40. The third-order valence-electron chi connectivity index (χ3n) is 5.54. The molecule has 1 unspecified atom stereocenters. The molecule has 0 saturated carbocycles. The number of fused-ring (bicyclic) bond motifs is 1. The van der Waals surface area contributed by atoms with Crippen LogP contribution in [0.2, 0.25) is 0 Å². The molecule has 2 aliphatic heterocycles. The number of alkyl carbamates (subject to hydrolysis) is 1. The lowest BCUT2D eigenvalue weighted by molar-refractivity contribution is -0.0629. The fraction of sp³-hybridized carbons (Fsp3) is 0.545. The number of H-pyrrole nitrogens is 1. The number of rotatable bonds is 3. The summed E-state index contributed by atoms with van der Waals surface area (Å²) in [4.78, 5) is 22.5. The number of nitrogens with zero attached hydrogens (tertiary/aromatic N) is 2. The van der Waals surface area contributed by atoms with Gasteiger partial charge in [0.25, 0.3) is 0 Å². The second-order valence-electron chi connectivity index (χ2n) is 9.21. The van der Waals surface area contributed by atoms with Crippen LogP contribution in [0.15, 0.2) is 18.2 Å². The van der Waals surface area contributed by atoms with E-state index in [1.54, 1.807) is 20.8 Å². The number of hydrogen-bond donors (Lipinski definition) is 2. The van der Waals surface area contributed by atoms with E-state index in [1.807, 2.05) is 6.92 Å². The topological polar surface area (TPSA) is 79.5 Å². The second kappa shape index (κ2) is 8.20. The summed E-state index contributed by atoms with van der Waals surface area (Å²) in [6, 6.07) is 2.66. The Morgan fingerprint density at radius 1 is 1.32 bits per heavy atom. The number of carbonyl (C=O) groups excluding carboxylic acids is 1. The number of aryl methyl sites for hydroxylation is 1. The molecule has 2 N–H and O–H groups in total. The van der Waals surface area contributed by atoms with Gasteiger partial charge in [0, 0.05) is 24.7 Å². The van der Waals surface area contributed by atoms with E-state index in [4.69, 9.17) is 9.47 Å². The Bertz CT molecular complexity index is 949. The largest absolute Gasteiger partial charge is 0.444 e. The summed E-state index contributed by atoms with van der Waals surface area (Å²) in [7, 11) is 0. The number of nitrogens with one attached hydrogen (secondary N) is 2. The van der Waals surface area contributed by atoms with Crippen LogP contribution < -0.4 is 5.32 Å². The van der Waals surface area contributed by atoms with Gasteiger partial charge in [-0.1, -0.05) is 0 Å². The quantitative estimate of drug-likeness (QED) is 0.770. The molecule has 1 aromatic heterocycles. The van der Waals surface area contributed by atoms with E-state index in [1.165, 1.54) is 0 Å². The van der Waals surface area contributed by atoms with E-state index in [9.17, 15) is 13.6 Å². The molecule has 3 heterocycles. The van der Waals surface area contributed by atoms with Crippen LogP contribution in [0.4, 0.5) is 13.6 Å². The number of imidazole rings is 1. The number of aromatic amines is 1. The van der Waals surface area contributed by atoms with Crippen molar-refractivity contribution in [2.24, 2.45) is 0 Å². The summed E-state index contributed by atoms with van der Waals surface area (Å²) < 4.78 is 39.7. The zero-order valence-electron chi connectivity index (χ0n) is 18.2. The monoisotopic (exact) mass is 434 g/mol. The summed E-state index contributed by atoms with van der Waals surface area (Å²) in [6.07, 6.45) is -0.934. The summed E-state index contributed by atoms with van der Waals surface area (Å²) in [5, 5.41) is 2.82. The van der Waals surface area contributed by atoms with Crippen molar-refractivity contribution in [3.8, 4) is 0 Å². The summed E-state index contributed by atoms with van der Waals surface area (Å²) in [5.41, 5.74) is 1.49. The predicted molar refractivity (Wildman–Crippen MR) is 109 cm³/mol. The molecule has 0 spiro atoms. The molecule has 2 aliphatic rings. The minimum Gasteiger partial charge on any atom is -0.444 e. The third-order valence-corrected chi connectivity index (χ3v) is 5.54. The molecule has 1 saturated heterocycles. The Morgan fingerprint density at radius 2 is 2.10 bits per heavy atom. The van der Waals surface area contributed by atoms with Crippen molar-refractivity contribution in [3.05, 3.63) is 52.6 Å². The van der Waals surface area contributed by atoms with Crippen LogP contribution in [0.1, 0.15) is 56.1 Å². The van der Waals surface area contributed by atoms with Gasteiger partial charge in [-0.15, -0.1) is 0 Å². The number of amides is 1.